The van der Waals surface area contributed by atoms with Gasteiger partial charge in [0.15, 0.2) is 0 Å². The molecule has 0 spiro atoms. The average Bonchev–Trinajstić information content (AvgIpc) is 3.01. The number of hydrogen-bond acceptors (Lipinski definition) is 3. The highest BCUT2D eigenvalue weighted by Gasteiger charge is 2.19. The van der Waals surface area contributed by atoms with Crippen molar-refractivity contribution in [1.29, 1.82) is 0 Å². The number of carbonyl (C=O) groups excluding carboxylic acids is 1. The van der Waals surface area contributed by atoms with E-state index < -0.39 is 0 Å². The predicted octanol–water partition coefficient (Wildman–Crippen LogP) is 4.41. The number of nitrogens with zero attached hydrogens (tertiary/aromatic N) is 3. The molecule has 2 aromatic carbocycles. The number of carbonyl (C=O) groups is 1. The molecule has 4 aromatic rings. The van der Waals surface area contributed by atoms with E-state index in [9.17, 15) is 4.79 Å². The molecule has 2 aromatic heterocycles. The summed E-state index contributed by atoms with van der Waals surface area (Å²) in [7, 11) is 0. The summed E-state index contributed by atoms with van der Waals surface area (Å²) in [5.74, 6) is 0.421. The molecular formula is C19H12BrN3O. The Bertz CT molecular complexity index is 1030. The molecule has 116 valence electrons. The van der Waals surface area contributed by atoms with Crippen LogP contribution in [-0.2, 0) is 0 Å². The van der Waals surface area contributed by atoms with E-state index in [1.165, 1.54) is 0 Å². The van der Waals surface area contributed by atoms with E-state index in [0.717, 1.165) is 15.4 Å². The Labute approximate surface area is 146 Å². The Kier molecular flexibility index (Phi) is 3.70. The molecule has 0 aliphatic rings. The molecule has 0 aliphatic heterocycles. The number of aromatic nitrogens is 3. The standard InChI is InChI=1S/C19H12BrN3O/c20-15-7-8-16-14(11-15)12-17(18(24)13-5-2-1-3-6-13)23(16)19-21-9-4-10-22-19/h1-12H. The van der Waals surface area contributed by atoms with Gasteiger partial charge in [-0.2, -0.15) is 0 Å². The fourth-order valence-electron chi connectivity index (χ4n) is 2.71. The summed E-state index contributed by atoms with van der Waals surface area (Å²) in [6.45, 7) is 0. The van der Waals surface area contributed by atoms with Gasteiger partial charge in [0.25, 0.3) is 0 Å². The lowest BCUT2D eigenvalue weighted by atomic mass is 10.1. The van der Waals surface area contributed by atoms with Crippen LogP contribution in [0, 0.1) is 0 Å². The SMILES string of the molecule is O=C(c1ccccc1)c1cc2cc(Br)ccc2n1-c1ncccn1. The summed E-state index contributed by atoms with van der Waals surface area (Å²) in [5, 5.41) is 0.955. The highest BCUT2D eigenvalue weighted by Crippen LogP contribution is 2.27. The maximum absolute atomic E-state index is 13.0. The summed E-state index contributed by atoms with van der Waals surface area (Å²) in [5.41, 5.74) is 2.07. The van der Waals surface area contributed by atoms with Crippen molar-refractivity contribution in [1.82, 2.24) is 14.5 Å². The first-order valence-electron chi connectivity index (χ1n) is 7.42. The van der Waals surface area contributed by atoms with Gasteiger partial charge in [-0.15, -0.1) is 0 Å². The second-order valence-electron chi connectivity index (χ2n) is 5.31. The summed E-state index contributed by atoms with van der Waals surface area (Å²) < 4.78 is 2.76. The third kappa shape index (κ3) is 2.53. The van der Waals surface area contributed by atoms with Crippen LogP contribution in [0.15, 0.2) is 77.5 Å². The maximum Gasteiger partial charge on any atom is 0.234 e. The predicted molar refractivity (Wildman–Crippen MR) is 96.4 cm³/mol. The van der Waals surface area contributed by atoms with Gasteiger partial charge >= 0.3 is 0 Å². The van der Waals surface area contributed by atoms with Crippen molar-refractivity contribution in [2.75, 3.05) is 0 Å². The van der Waals surface area contributed by atoms with Gasteiger partial charge in [0, 0.05) is 27.8 Å². The molecule has 2 heterocycles. The van der Waals surface area contributed by atoms with Gasteiger partial charge in [0.2, 0.25) is 11.7 Å². The molecule has 0 unspecified atom stereocenters. The van der Waals surface area contributed by atoms with Crippen LogP contribution < -0.4 is 0 Å². The molecule has 0 bridgehead atoms. The molecule has 5 heteroatoms. The summed E-state index contributed by atoms with van der Waals surface area (Å²) >= 11 is 3.48. The Balaban J connectivity index is 1.99. The molecule has 0 fully saturated rings. The molecule has 0 saturated carbocycles. The quantitative estimate of drug-likeness (QED) is 0.496. The van der Waals surface area contributed by atoms with Crippen LogP contribution in [0.4, 0.5) is 0 Å². The topological polar surface area (TPSA) is 47.8 Å². The normalized spacial score (nSPS) is 10.9. The molecule has 0 amide bonds. The molecule has 4 nitrogen and oxygen atoms in total. The Hall–Kier alpha value is -2.79. The van der Waals surface area contributed by atoms with E-state index in [1.807, 2.05) is 54.6 Å². The van der Waals surface area contributed by atoms with Crippen molar-refractivity contribution in [3.63, 3.8) is 0 Å². The van der Waals surface area contributed by atoms with Crippen LogP contribution in [0.25, 0.3) is 16.9 Å². The Morgan fingerprint density at radius 3 is 2.42 bits per heavy atom. The number of benzene rings is 2. The number of hydrogen-bond donors (Lipinski definition) is 0. The minimum atomic E-state index is -0.0598. The molecule has 0 atom stereocenters. The largest absolute Gasteiger partial charge is 0.287 e. The molecule has 0 N–H and O–H groups in total. The van der Waals surface area contributed by atoms with E-state index in [2.05, 4.69) is 25.9 Å². The first kappa shape index (κ1) is 14.8. The second-order valence-corrected chi connectivity index (χ2v) is 6.23. The van der Waals surface area contributed by atoms with Crippen LogP contribution in [0.3, 0.4) is 0 Å². The average molecular weight is 378 g/mol. The van der Waals surface area contributed by atoms with E-state index in [1.54, 1.807) is 23.0 Å². The van der Waals surface area contributed by atoms with Crippen LogP contribution in [0.1, 0.15) is 16.1 Å². The fraction of sp³-hybridized carbons (Fsp3) is 0. The lowest BCUT2D eigenvalue weighted by molar-refractivity contribution is 0.103. The lowest BCUT2D eigenvalue weighted by Gasteiger charge is -2.08. The zero-order valence-electron chi connectivity index (χ0n) is 12.6. The van der Waals surface area contributed by atoms with Gasteiger partial charge in [0.05, 0.1) is 11.2 Å². The lowest BCUT2D eigenvalue weighted by Crippen LogP contribution is -2.10. The summed E-state index contributed by atoms with van der Waals surface area (Å²) in [4.78, 5) is 21.6. The first-order valence-corrected chi connectivity index (χ1v) is 8.21. The van der Waals surface area contributed by atoms with Gasteiger partial charge < -0.3 is 0 Å². The van der Waals surface area contributed by atoms with Gasteiger partial charge in [-0.25, -0.2) is 9.97 Å². The highest BCUT2D eigenvalue weighted by molar-refractivity contribution is 9.10. The van der Waals surface area contributed by atoms with Crippen LogP contribution in [-0.4, -0.2) is 20.3 Å². The number of fused-ring (bicyclic) bond motifs is 1. The maximum atomic E-state index is 13.0. The third-order valence-corrected chi connectivity index (χ3v) is 4.28. The van der Waals surface area contributed by atoms with Gasteiger partial charge in [-0.05, 0) is 30.3 Å². The minimum Gasteiger partial charge on any atom is -0.287 e. The summed E-state index contributed by atoms with van der Waals surface area (Å²) in [6.07, 6.45) is 3.34. The number of ketones is 1. The fourth-order valence-corrected chi connectivity index (χ4v) is 3.09. The van der Waals surface area contributed by atoms with E-state index in [4.69, 9.17) is 0 Å². The van der Waals surface area contributed by atoms with Crippen molar-refractivity contribution in [3.05, 3.63) is 88.8 Å². The van der Waals surface area contributed by atoms with Gasteiger partial charge in [0.1, 0.15) is 0 Å². The smallest absolute Gasteiger partial charge is 0.234 e. The molecule has 24 heavy (non-hydrogen) atoms. The number of halogens is 1. The molecule has 0 radical (unpaired) electrons. The second kappa shape index (κ2) is 6.02. The van der Waals surface area contributed by atoms with Crippen molar-refractivity contribution >= 4 is 32.6 Å². The summed E-state index contributed by atoms with van der Waals surface area (Å²) in [6, 6.07) is 18.7. The third-order valence-electron chi connectivity index (χ3n) is 3.78. The molecular weight excluding hydrogens is 366 g/mol. The van der Waals surface area contributed by atoms with E-state index in [0.29, 0.717) is 17.2 Å². The molecule has 4 rings (SSSR count). The van der Waals surface area contributed by atoms with Crippen molar-refractivity contribution in [3.8, 4) is 5.95 Å². The molecule has 0 aliphatic carbocycles. The highest BCUT2D eigenvalue weighted by atomic mass is 79.9. The van der Waals surface area contributed by atoms with Gasteiger partial charge in [-0.3, -0.25) is 9.36 Å². The van der Waals surface area contributed by atoms with Crippen molar-refractivity contribution < 1.29 is 4.79 Å². The Morgan fingerprint density at radius 1 is 0.917 bits per heavy atom. The zero-order valence-corrected chi connectivity index (χ0v) is 14.1. The van der Waals surface area contributed by atoms with Crippen LogP contribution >= 0.6 is 15.9 Å². The number of rotatable bonds is 3. The van der Waals surface area contributed by atoms with Crippen molar-refractivity contribution in [2.45, 2.75) is 0 Å². The first-order chi connectivity index (χ1) is 11.7. The monoisotopic (exact) mass is 377 g/mol. The van der Waals surface area contributed by atoms with Crippen LogP contribution in [0.5, 0.6) is 0 Å². The van der Waals surface area contributed by atoms with Gasteiger partial charge in [-0.1, -0.05) is 46.3 Å². The van der Waals surface area contributed by atoms with E-state index >= 15 is 0 Å². The van der Waals surface area contributed by atoms with Crippen LogP contribution in [0.2, 0.25) is 0 Å². The van der Waals surface area contributed by atoms with Crippen molar-refractivity contribution in [2.24, 2.45) is 0 Å². The minimum absolute atomic E-state index is 0.0598. The van der Waals surface area contributed by atoms with E-state index in [-0.39, 0.29) is 5.78 Å². The zero-order chi connectivity index (χ0) is 16.5. The Morgan fingerprint density at radius 2 is 1.67 bits per heavy atom. The molecule has 0 saturated heterocycles.